The van der Waals surface area contributed by atoms with Gasteiger partial charge in [0.2, 0.25) is 10.8 Å². The number of fused-ring (bicyclic) bond motifs is 2. The molecule has 3 aromatic carbocycles. The molecule has 1 spiro atoms. The first kappa shape index (κ1) is 20.4. The Kier molecular flexibility index (Phi) is 4.96. The number of benzene rings is 3. The van der Waals surface area contributed by atoms with Crippen molar-refractivity contribution in [3.63, 3.8) is 0 Å². The zero-order valence-electron chi connectivity index (χ0n) is 16.0. The second-order valence-electron chi connectivity index (χ2n) is 7.25. The lowest BCUT2D eigenvalue weighted by Crippen LogP contribution is -2.49. The van der Waals surface area contributed by atoms with Gasteiger partial charge in [-0.1, -0.05) is 53.5 Å². The number of carbonyl (C=O) groups is 2. The van der Waals surface area contributed by atoms with Crippen molar-refractivity contribution in [2.24, 2.45) is 0 Å². The van der Waals surface area contributed by atoms with Gasteiger partial charge in [-0.15, -0.1) is 11.8 Å². The Hall–Kier alpha value is -2.54. The Balaban J connectivity index is 1.67. The summed E-state index contributed by atoms with van der Waals surface area (Å²) in [5.41, 5.74) is 2.32. The van der Waals surface area contributed by atoms with Crippen molar-refractivity contribution in [2.75, 3.05) is 15.6 Å². The van der Waals surface area contributed by atoms with E-state index in [-0.39, 0.29) is 24.1 Å². The number of hydrogen-bond acceptors (Lipinski definition) is 3. The van der Waals surface area contributed by atoms with Crippen molar-refractivity contribution >= 4 is 58.2 Å². The van der Waals surface area contributed by atoms with Gasteiger partial charge in [-0.25, -0.2) is 4.39 Å². The van der Waals surface area contributed by atoms with Gasteiger partial charge in [0, 0.05) is 26.9 Å². The molecule has 0 aliphatic carbocycles. The van der Waals surface area contributed by atoms with Crippen LogP contribution < -0.4 is 9.80 Å². The molecular weight excluding hydrogens is 458 g/mol. The lowest BCUT2D eigenvalue weighted by atomic mass is 10.0. The summed E-state index contributed by atoms with van der Waals surface area (Å²) in [5, 5.41) is 0.909. The molecule has 0 N–H and O–H groups in total. The number of hydrogen-bond donors (Lipinski definition) is 0. The van der Waals surface area contributed by atoms with Crippen molar-refractivity contribution < 1.29 is 14.0 Å². The second-order valence-corrected chi connectivity index (χ2v) is 9.23. The smallest absolute Gasteiger partial charge is 0.269 e. The van der Waals surface area contributed by atoms with E-state index < -0.39 is 10.7 Å². The van der Waals surface area contributed by atoms with Gasteiger partial charge < -0.3 is 4.90 Å². The van der Waals surface area contributed by atoms with Gasteiger partial charge >= 0.3 is 0 Å². The Morgan fingerprint density at radius 1 is 0.968 bits per heavy atom. The van der Waals surface area contributed by atoms with Crippen LogP contribution in [0.4, 0.5) is 15.8 Å². The van der Waals surface area contributed by atoms with Crippen LogP contribution in [0.1, 0.15) is 11.1 Å². The highest BCUT2D eigenvalue weighted by Gasteiger charge is 2.61. The van der Waals surface area contributed by atoms with Crippen LogP contribution in [0.25, 0.3) is 0 Å². The van der Waals surface area contributed by atoms with Crippen LogP contribution in [0.15, 0.2) is 66.7 Å². The molecule has 1 atom stereocenters. The molecule has 156 valence electrons. The zero-order valence-corrected chi connectivity index (χ0v) is 18.3. The molecule has 2 aliphatic heterocycles. The van der Waals surface area contributed by atoms with Gasteiger partial charge in [-0.2, -0.15) is 0 Å². The second kappa shape index (κ2) is 7.55. The third-order valence-electron chi connectivity index (χ3n) is 5.51. The molecule has 8 heteroatoms. The summed E-state index contributed by atoms with van der Waals surface area (Å²) >= 11 is 14.0. The van der Waals surface area contributed by atoms with Gasteiger partial charge in [0.15, 0.2) is 0 Å². The Bertz CT molecular complexity index is 1220. The van der Waals surface area contributed by atoms with Crippen LogP contribution in [-0.4, -0.2) is 17.6 Å². The molecule has 1 fully saturated rings. The van der Waals surface area contributed by atoms with Gasteiger partial charge in [0.25, 0.3) is 5.91 Å². The molecule has 1 unspecified atom stereocenters. The van der Waals surface area contributed by atoms with Crippen LogP contribution in [0.5, 0.6) is 0 Å². The number of rotatable bonds is 3. The Labute approximate surface area is 192 Å². The van der Waals surface area contributed by atoms with Gasteiger partial charge in [0.1, 0.15) is 5.82 Å². The van der Waals surface area contributed by atoms with Crippen LogP contribution in [0.2, 0.25) is 10.0 Å². The van der Waals surface area contributed by atoms with E-state index in [2.05, 4.69) is 0 Å². The van der Waals surface area contributed by atoms with E-state index >= 15 is 0 Å². The standard InChI is InChI=1S/C23H15Cl2FN2O2S/c24-18-8-4-9-19(25)16(18)12-27-20-10-2-1-7-17(20)23(22(27)30)28(21(29)13-31-23)15-6-3-5-14(26)11-15/h1-11H,12-13H2. The van der Waals surface area contributed by atoms with Crippen molar-refractivity contribution in [1.29, 1.82) is 0 Å². The number of anilines is 2. The van der Waals surface area contributed by atoms with E-state index in [0.717, 1.165) is 0 Å². The van der Waals surface area contributed by atoms with Crippen molar-refractivity contribution in [3.05, 3.63) is 93.7 Å². The highest BCUT2D eigenvalue weighted by atomic mass is 35.5. The van der Waals surface area contributed by atoms with E-state index in [1.807, 2.05) is 24.3 Å². The highest BCUT2D eigenvalue weighted by Crippen LogP contribution is 2.56. The number of halogens is 3. The molecule has 4 nitrogen and oxygen atoms in total. The van der Waals surface area contributed by atoms with E-state index in [1.165, 1.54) is 34.9 Å². The maximum Gasteiger partial charge on any atom is 0.269 e. The van der Waals surface area contributed by atoms with E-state index in [9.17, 15) is 14.0 Å². The maximum atomic E-state index is 14.0. The summed E-state index contributed by atoms with van der Waals surface area (Å²) in [6, 6.07) is 18.3. The molecule has 1 saturated heterocycles. The molecule has 2 aliphatic rings. The number of nitrogens with zero attached hydrogens (tertiary/aromatic N) is 2. The van der Waals surface area contributed by atoms with E-state index in [1.54, 1.807) is 29.2 Å². The number of para-hydroxylation sites is 1. The molecule has 0 radical (unpaired) electrons. The van der Waals surface area contributed by atoms with Gasteiger partial charge in [0.05, 0.1) is 18.0 Å². The average molecular weight is 473 g/mol. The quantitative estimate of drug-likeness (QED) is 0.497. The highest BCUT2D eigenvalue weighted by molar-refractivity contribution is 8.02. The Morgan fingerprint density at radius 3 is 2.42 bits per heavy atom. The summed E-state index contributed by atoms with van der Waals surface area (Å²) in [6.07, 6.45) is 0. The van der Waals surface area contributed by atoms with Crippen LogP contribution in [0.3, 0.4) is 0 Å². The summed E-state index contributed by atoms with van der Waals surface area (Å²) in [7, 11) is 0. The predicted molar refractivity (Wildman–Crippen MR) is 122 cm³/mol. The molecule has 5 rings (SSSR count). The monoisotopic (exact) mass is 472 g/mol. The molecule has 2 heterocycles. The molecule has 0 bridgehead atoms. The van der Waals surface area contributed by atoms with Crippen molar-refractivity contribution in [1.82, 2.24) is 0 Å². The molecule has 0 aromatic heterocycles. The molecule has 31 heavy (non-hydrogen) atoms. The topological polar surface area (TPSA) is 40.6 Å². The van der Waals surface area contributed by atoms with E-state index in [0.29, 0.717) is 32.5 Å². The lowest BCUT2D eigenvalue weighted by Gasteiger charge is -2.33. The summed E-state index contributed by atoms with van der Waals surface area (Å²) in [4.78, 5) is 28.6. The molecule has 2 amide bonds. The summed E-state index contributed by atoms with van der Waals surface area (Å²) in [6.45, 7) is 0.155. The minimum Gasteiger partial charge on any atom is -0.304 e. The third-order valence-corrected chi connectivity index (χ3v) is 7.60. The first-order valence-corrected chi connectivity index (χ1v) is 11.2. The van der Waals surface area contributed by atoms with Crippen LogP contribution in [0, 0.1) is 5.82 Å². The van der Waals surface area contributed by atoms with Crippen LogP contribution >= 0.6 is 35.0 Å². The minimum absolute atomic E-state index is 0.108. The third kappa shape index (κ3) is 3.04. The first-order chi connectivity index (χ1) is 14.9. The summed E-state index contributed by atoms with van der Waals surface area (Å²) in [5.74, 6) is -0.908. The SMILES string of the molecule is O=C1CSC2(C(=O)N(Cc3c(Cl)cccc3Cl)c3ccccc32)N1c1cccc(F)c1. The fourth-order valence-corrected chi connectivity index (χ4v) is 6.05. The largest absolute Gasteiger partial charge is 0.304 e. The number of carbonyl (C=O) groups excluding carboxylic acids is 2. The number of thioether (sulfide) groups is 1. The first-order valence-electron chi connectivity index (χ1n) is 9.50. The minimum atomic E-state index is -1.31. The van der Waals surface area contributed by atoms with Crippen LogP contribution in [-0.2, 0) is 21.0 Å². The normalized spacial score (nSPS) is 20.1. The molecule has 3 aromatic rings. The Morgan fingerprint density at radius 2 is 1.68 bits per heavy atom. The predicted octanol–water partition coefficient (Wildman–Crippen LogP) is 5.61. The molecular formula is C23H15Cl2FN2O2S. The van der Waals surface area contributed by atoms with E-state index in [4.69, 9.17) is 23.2 Å². The zero-order chi connectivity index (χ0) is 21.8. The van der Waals surface area contributed by atoms with Gasteiger partial charge in [-0.05, 0) is 36.4 Å². The lowest BCUT2D eigenvalue weighted by molar-refractivity contribution is -0.123. The van der Waals surface area contributed by atoms with Crippen molar-refractivity contribution in [2.45, 2.75) is 11.4 Å². The molecule has 0 saturated carbocycles. The van der Waals surface area contributed by atoms with Gasteiger partial charge in [-0.3, -0.25) is 14.5 Å². The maximum absolute atomic E-state index is 14.0. The fraction of sp³-hybridized carbons (Fsp3) is 0.130. The fourth-order valence-electron chi connectivity index (χ4n) is 4.17. The average Bonchev–Trinajstić information content (AvgIpc) is 3.21. The summed E-state index contributed by atoms with van der Waals surface area (Å²) < 4.78 is 14.0. The van der Waals surface area contributed by atoms with Crippen molar-refractivity contribution in [3.8, 4) is 0 Å². The number of amides is 2.